The molecule has 0 heterocycles. The molecule has 0 saturated heterocycles. The van der Waals surface area contributed by atoms with Crippen molar-refractivity contribution in [3.05, 3.63) is 35.9 Å². The summed E-state index contributed by atoms with van der Waals surface area (Å²) in [7, 11) is -1.32. The average Bonchev–Trinajstić information content (AvgIpc) is 2.38. The smallest absolute Gasteiger partial charge is 0.324 e. The van der Waals surface area contributed by atoms with Gasteiger partial charge in [-0.2, -0.15) is 0 Å². The number of carbonyl (C=O) groups is 1. The van der Waals surface area contributed by atoms with Gasteiger partial charge in [0.15, 0.2) is 0 Å². The van der Waals surface area contributed by atoms with Crippen molar-refractivity contribution in [1.82, 2.24) is 4.72 Å². The van der Waals surface area contributed by atoms with Crippen LogP contribution in [0.5, 0.6) is 0 Å². The standard InChI is InChI=1S/C15H23NO3S/c1-5-19-14(17)13(16-20(18)15(2,3)4)11-12-9-7-6-8-10-12/h6-10,13,16H,5,11H2,1-4H3/t13-,20+/m0/s1. The minimum absolute atomic E-state index is 0.313. The molecule has 1 N–H and O–H groups in total. The number of rotatable bonds is 6. The maximum Gasteiger partial charge on any atom is 0.324 e. The molecule has 1 rings (SSSR count). The van der Waals surface area contributed by atoms with E-state index in [1.807, 2.05) is 51.1 Å². The van der Waals surface area contributed by atoms with Crippen molar-refractivity contribution in [3.8, 4) is 0 Å². The third-order valence-corrected chi connectivity index (χ3v) is 4.27. The molecule has 0 aromatic heterocycles. The summed E-state index contributed by atoms with van der Waals surface area (Å²) in [5.41, 5.74) is 1.00. The van der Waals surface area contributed by atoms with Gasteiger partial charge in [0, 0.05) is 0 Å². The summed E-state index contributed by atoms with van der Waals surface area (Å²) < 4.78 is 19.7. The number of ether oxygens (including phenoxy) is 1. The molecule has 0 aliphatic rings. The van der Waals surface area contributed by atoms with Crippen molar-refractivity contribution < 1.29 is 13.7 Å². The second-order valence-corrected chi connectivity index (χ2v) is 7.49. The van der Waals surface area contributed by atoms with E-state index >= 15 is 0 Å². The van der Waals surface area contributed by atoms with Gasteiger partial charge in [0.05, 0.1) is 22.3 Å². The van der Waals surface area contributed by atoms with Crippen LogP contribution in [0.4, 0.5) is 0 Å². The molecule has 1 aromatic carbocycles. The third kappa shape index (κ3) is 5.43. The number of carbonyl (C=O) groups excluding carboxylic acids is 1. The number of benzene rings is 1. The van der Waals surface area contributed by atoms with E-state index in [0.29, 0.717) is 13.0 Å². The molecule has 4 nitrogen and oxygen atoms in total. The van der Waals surface area contributed by atoms with Crippen LogP contribution in [0.1, 0.15) is 33.3 Å². The van der Waals surface area contributed by atoms with Gasteiger partial charge in [-0.3, -0.25) is 4.79 Å². The number of nitrogens with one attached hydrogen (secondary N) is 1. The van der Waals surface area contributed by atoms with E-state index in [2.05, 4.69) is 4.72 Å². The fourth-order valence-electron chi connectivity index (χ4n) is 1.57. The summed E-state index contributed by atoms with van der Waals surface area (Å²) in [5, 5.41) is 0. The highest BCUT2D eigenvalue weighted by molar-refractivity contribution is 7.84. The quantitative estimate of drug-likeness (QED) is 0.819. The van der Waals surface area contributed by atoms with E-state index < -0.39 is 21.8 Å². The molecule has 0 bridgehead atoms. The van der Waals surface area contributed by atoms with Crippen LogP contribution in [0.15, 0.2) is 30.3 Å². The first-order valence-corrected chi connectivity index (χ1v) is 7.88. The number of hydrogen-bond acceptors (Lipinski definition) is 3. The maximum atomic E-state index is 12.2. The van der Waals surface area contributed by atoms with Crippen LogP contribution in [-0.4, -0.2) is 27.6 Å². The lowest BCUT2D eigenvalue weighted by Gasteiger charge is -2.23. The summed E-state index contributed by atoms with van der Waals surface area (Å²) in [6, 6.07) is 9.03. The first kappa shape index (κ1) is 16.9. The van der Waals surface area contributed by atoms with Gasteiger partial charge < -0.3 is 4.74 Å². The highest BCUT2D eigenvalue weighted by Gasteiger charge is 2.27. The normalized spacial score (nSPS) is 14.6. The Morgan fingerprint density at radius 1 is 1.30 bits per heavy atom. The second-order valence-electron chi connectivity index (χ2n) is 5.49. The van der Waals surface area contributed by atoms with Crippen molar-refractivity contribution in [2.24, 2.45) is 0 Å². The van der Waals surface area contributed by atoms with Crippen LogP contribution >= 0.6 is 0 Å². The topological polar surface area (TPSA) is 55.4 Å². The fraction of sp³-hybridized carbons (Fsp3) is 0.533. The molecule has 0 spiro atoms. The SMILES string of the molecule is CCOC(=O)[C@H](Cc1ccccc1)N[S@](=O)C(C)(C)C. The van der Waals surface area contributed by atoms with Gasteiger partial charge in [-0.15, -0.1) is 0 Å². The first-order chi connectivity index (χ1) is 9.34. The van der Waals surface area contributed by atoms with Gasteiger partial charge in [-0.1, -0.05) is 30.3 Å². The summed E-state index contributed by atoms with van der Waals surface area (Å²) in [6.45, 7) is 7.66. The molecule has 112 valence electrons. The molecule has 0 fully saturated rings. The lowest BCUT2D eigenvalue weighted by Crippen LogP contribution is -2.45. The summed E-state index contributed by atoms with van der Waals surface area (Å²) in [4.78, 5) is 12.0. The van der Waals surface area contributed by atoms with Crippen LogP contribution in [0.25, 0.3) is 0 Å². The van der Waals surface area contributed by atoms with Gasteiger partial charge in [0.1, 0.15) is 6.04 Å². The molecular weight excluding hydrogens is 274 g/mol. The molecule has 1 aromatic rings. The summed E-state index contributed by atoms with van der Waals surface area (Å²) >= 11 is 0. The van der Waals surface area contributed by atoms with Crippen LogP contribution in [0.3, 0.4) is 0 Å². The van der Waals surface area contributed by atoms with E-state index in [-0.39, 0.29) is 5.97 Å². The zero-order valence-corrected chi connectivity index (χ0v) is 13.3. The molecule has 2 atom stereocenters. The van der Waals surface area contributed by atoms with Crippen LogP contribution in [0.2, 0.25) is 0 Å². The minimum atomic E-state index is -1.32. The van der Waals surface area contributed by atoms with Crippen molar-refractivity contribution in [2.75, 3.05) is 6.61 Å². The van der Waals surface area contributed by atoms with E-state index in [1.165, 1.54) is 0 Å². The Hall–Kier alpha value is -1.20. The second kappa shape index (κ2) is 7.55. The van der Waals surface area contributed by atoms with Crippen LogP contribution in [-0.2, 0) is 26.9 Å². The zero-order valence-electron chi connectivity index (χ0n) is 12.5. The molecule has 0 aliphatic heterocycles. The largest absolute Gasteiger partial charge is 0.465 e. The lowest BCUT2D eigenvalue weighted by atomic mass is 10.1. The van der Waals surface area contributed by atoms with Gasteiger partial charge in [-0.05, 0) is 39.7 Å². The minimum Gasteiger partial charge on any atom is -0.465 e. The maximum absolute atomic E-state index is 12.2. The number of esters is 1. The number of hydrogen-bond donors (Lipinski definition) is 1. The zero-order chi connectivity index (χ0) is 15.2. The van der Waals surface area contributed by atoms with Crippen molar-refractivity contribution in [2.45, 2.75) is 44.9 Å². The Labute approximate surface area is 123 Å². The van der Waals surface area contributed by atoms with E-state index in [4.69, 9.17) is 4.74 Å². The monoisotopic (exact) mass is 297 g/mol. The van der Waals surface area contributed by atoms with E-state index in [9.17, 15) is 9.00 Å². The Kier molecular flexibility index (Phi) is 6.36. The molecule has 0 aliphatic carbocycles. The van der Waals surface area contributed by atoms with Gasteiger partial charge in [0.2, 0.25) is 0 Å². The van der Waals surface area contributed by atoms with Crippen molar-refractivity contribution >= 4 is 17.0 Å². The van der Waals surface area contributed by atoms with Crippen LogP contribution in [0, 0.1) is 0 Å². The molecular formula is C15H23NO3S. The fourth-order valence-corrected chi connectivity index (χ4v) is 2.36. The molecule has 0 amide bonds. The molecule has 0 radical (unpaired) electrons. The Bertz CT molecular complexity index is 454. The van der Waals surface area contributed by atoms with Crippen LogP contribution < -0.4 is 4.72 Å². The highest BCUT2D eigenvalue weighted by Crippen LogP contribution is 2.12. The molecule has 5 heteroatoms. The molecule has 20 heavy (non-hydrogen) atoms. The molecule has 0 unspecified atom stereocenters. The van der Waals surface area contributed by atoms with Gasteiger partial charge in [-0.25, -0.2) is 8.93 Å². The predicted molar refractivity (Wildman–Crippen MR) is 81.6 cm³/mol. The molecule has 0 saturated carbocycles. The predicted octanol–water partition coefficient (Wildman–Crippen LogP) is 2.21. The first-order valence-electron chi connectivity index (χ1n) is 6.73. The average molecular weight is 297 g/mol. The summed E-state index contributed by atoms with van der Waals surface area (Å²) in [5.74, 6) is -0.367. The Morgan fingerprint density at radius 3 is 2.40 bits per heavy atom. The van der Waals surface area contributed by atoms with Gasteiger partial charge >= 0.3 is 5.97 Å². The lowest BCUT2D eigenvalue weighted by molar-refractivity contribution is -0.145. The highest BCUT2D eigenvalue weighted by atomic mass is 32.2. The Morgan fingerprint density at radius 2 is 1.90 bits per heavy atom. The summed E-state index contributed by atoms with van der Waals surface area (Å²) in [6.07, 6.45) is 0.460. The third-order valence-electron chi connectivity index (χ3n) is 2.66. The Balaban J connectivity index is 2.81. The van der Waals surface area contributed by atoms with Crippen molar-refractivity contribution in [3.63, 3.8) is 0 Å². The van der Waals surface area contributed by atoms with Crippen molar-refractivity contribution in [1.29, 1.82) is 0 Å². The van der Waals surface area contributed by atoms with Gasteiger partial charge in [0.25, 0.3) is 0 Å². The van der Waals surface area contributed by atoms with E-state index in [1.54, 1.807) is 6.92 Å². The van der Waals surface area contributed by atoms with E-state index in [0.717, 1.165) is 5.56 Å².